The molecular weight excluding hydrogens is 212 g/mol. The fourth-order valence-corrected chi connectivity index (χ4v) is 2.03. The van der Waals surface area contributed by atoms with Gasteiger partial charge in [0.25, 0.3) is 0 Å². The molecule has 1 saturated carbocycles. The fourth-order valence-electron chi connectivity index (χ4n) is 2.03. The van der Waals surface area contributed by atoms with E-state index in [9.17, 15) is 4.79 Å². The normalized spacial score (nSPS) is 19.1. The molecule has 0 amide bonds. The second-order valence-corrected chi connectivity index (χ2v) is 6.98. The first-order chi connectivity index (χ1) is 7.75. The molecule has 0 aromatic rings. The third-order valence-corrected chi connectivity index (χ3v) is 4.56. The summed E-state index contributed by atoms with van der Waals surface area (Å²) in [5.41, 5.74) is -0.474. The first-order valence-electron chi connectivity index (χ1n) is 6.92. The molecule has 1 fully saturated rings. The van der Waals surface area contributed by atoms with Crippen LogP contribution in [0.25, 0.3) is 0 Å². The van der Waals surface area contributed by atoms with Gasteiger partial charge < -0.3 is 4.74 Å². The molecule has 0 unspecified atom stereocenters. The highest BCUT2D eigenvalue weighted by Crippen LogP contribution is 2.39. The standard InChI is InChI=1S/C15H28O2/c1-14(2,3)15(4,5)13(16)17-11-12-9-7-6-8-10-12/h12H,6-11H2,1-5H3. The summed E-state index contributed by atoms with van der Waals surface area (Å²) in [6, 6.07) is 0. The number of carbonyl (C=O) groups is 1. The molecule has 0 spiro atoms. The number of esters is 1. The van der Waals surface area contributed by atoms with Gasteiger partial charge in [-0.15, -0.1) is 0 Å². The molecule has 17 heavy (non-hydrogen) atoms. The van der Waals surface area contributed by atoms with Crippen LogP contribution < -0.4 is 0 Å². The summed E-state index contributed by atoms with van der Waals surface area (Å²) < 4.78 is 5.53. The van der Waals surface area contributed by atoms with Crippen LogP contribution in [-0.2, 0) is 9.53 Å². The summed E-state index contributed by atoms with van der Waals surface area (Å²) in [7, 11) is 0. The zero-order chi connectivity index (χ0) is 13.1. The van der Waals surface area contributed by atoms with Crippen LogP contribution in [0, 0.1) is 16.7 Å². The van der Waals surface area contributed by atoms with Crippen LogP contribution in [0.4, 0.5) is 0 Å². The number of ether oxygens (including phenoxy) is 1. The lowest BCUT2D eigenvalue weighted by atomic mass is 9.69. The molecule has 1 rings (SSSR count). The summed E-state index contributed by atoms with van der Waals surface area (Å²) in [5, 5.41) is 0. The van der Waals surface area contributed by atoms with E-state index in [2.05, 4.69) is 20.8 Å². The Balaban J connectivity index is 2.43. The van der Waals surface area contributed by atoms with E-state index in [0.717, 1.165) is 0 Å². The van der Waals surface area contributed by atoms with Crippen molar-refractivity contribution in [3.63, 3.8) is 0 Å². The predicted octanol–water partition coefficient (Wildman–Crippen LogP) is 4.18. The maximum absolute atomic E-state index is 12.1. The zero-order valence-electron chi connectivity index (χ0n) is 12.1. The Morgan fingerprint density at radius 3 is 2.06 bits per heavy atom. The van der Waals surface area contributed by atoms with Gasteiger partial charge >= 0.3 is 5.97 Å². The Labute approximate surface area is 106 Å². The lowest BCUT2D eigenvalue weighted by molar-refractivity contribution is -0.162. The summed E-state index contributed by atoms with van der Waals surface area (Å²) in [4.78, 5) is 12.1. The van der Waals surface area contributed by atoms with Gasteiger partial charge in [-0.2, -0.15) is 0 Å². The van der Waals surface area contributed by atoms with Gasteiger partial charge in [-0.05, 0) is 38.0 Å². The van der Waals surface area contributed by atoms with Gasteiger partial charge in [-0.25, -0.2) is 0 Å². The molecule has 0 heterocycles. The van der Waals surface area contributed by atoms with E-state index in [1.165, 1.54) is 32.1 Å². The van der Waals surface area contributed by atoms with Crippen molar-refractivity contribution in [3.8, 4) is 0 Å². The monoisotopic (exact) mass is 240 g/mol. The molecule has 100 valence electrons. The third-order valence-electron chi connectivity index (χ3n) is 4.56. The topological polar surface area (TPSA) is 26.3 Å². The lowest BCUT2D eigenvalue weighted by Crippen LogP contribution is -2.39. The lowest BCUT2D eigenvalue weighted by Gasteiger charge is -2.36. The molecule has 2 heteroatoms. The highest BCUT2D eigenvalue weighted by Gasteiger charge is 2.41. The minimum Gasteiger partial charge on any atom is -0.465 e. The van der Waals surface area contributed by atoms with Crippen molar-refractivity contribution >= 4 is 5.97 Å². The van der Waals surface area contributed by atoms with E-state index >= 15 is 0 Å². The van der Waals surface area contributed by atoms with E-state index < -0.39 is 5.41 Å². The van der Waals surface area contributed by atoms with Gasteiger partial charge in [0, 0.05) is 0 Å². The van der Waals surface area contributed by atoms with Gasteiger partial charge in [-0.1, -0.05) is 40.0 Å². The first-order valence-corrected chi connectivity index (χ1v) is 6.92. The molecule has 2 nitrogen and oxygen atoms in total. The number of rotatable bonds is 3. The Hall–Kier alpha value is -0.530. The summed E-state index contributed by atoms with van der Waals surface area (Å²) in [6.07, 6.45) is 6.39. The van der Waals surface area contributed by atoms with Crippen LogP contribution in [0.2, 0.25) is 0 Å². The van der Waals surface area contributed by atoms with Crippen molar-refractivity contribution < 1.29 is 9.53 Å². The SMILES string of the molecule is CC(C)(C)C(C)(C)C(=O)OCC1CCCCC1. The van der Waals surface area contributed by atoms with Crippen molar-refractivity contribution in [2.75, 3.05) is 6.61 Å². The molecule has 0 aromatic carbocycles. The van der Waals surface area contributed by atoms with Crippen LogP contribution in [0.1, 0.15) is 66.7 Å². The van der Waals surface area contributed by atoms with Crippen LogP contribution in [0.3, 0.4) is 0 Å². The van der Waals surface area contributed by atoms with Crippen LogP contribution >= 0.6 is 0 Å². The van der Waals surface area contributed by atoms with E-state index in [1.54, 1.807) is 0 Å². The van der Waals surface area contributed by atoms with Crippen LogP contribution in [0.15, 0.2) is 0 Å². The van der Waals surface area contributed by atoms with Crippen LogP contribution in [0.5, 0.6) is 0 Å². The van der Waals surface area contributed by atoms with Crippen molar-refractivity contribution in [2.24, 2.45) is 16.7 Å². The molecule has 0 aliphatic heterocycles. The number of carbonyl (C=O) groups excluding carboxylic acids is 1. The second-order valence-electron chi connectivity index (χ2n) is 6.98. The van der Waals surface area contributed by atoms with Crippen molar-refractivity contribution in [2.45, 2.75) is 66.7 Å². The van der Waals surface area contributed by atoms with Crippen molar-refractivity contribution in [1.82, 2.24) is 0 Å². The summed E-state index contributed by atoms with van der Waals surface area (Å²) in [5.74, 6) is 0.555. The minimum atomic E-state index is -0.415. The molecule has 0 aromatic heterocycles. The maximum Gasteiger partial charge on any atom is 0.312 e. The van der Waals surface area contributed by atoms with Crippen molar-refractivity contribution in [3.05, 3.63) is 0 Å². The molecule has 0 radical (unpaired) electrons. The fraction of sp³-hybridized carbons (Fsp3) is 0.933. The molecule has 0 bridgehead atoms. The Bertz CT molecular complexity index is 255. The zero-order valence-corrected chi connectivity index (χ0v) is 12.1. The van der Waals surface area contributed by atoms with Gasteiger partial charge in [0.15, 0.2) is 0 Å². The highest BCUT2D eigenvalue weighted by molar-refractivity contribution is 5.76. The molecule has 0 N–H and O–H groups in total. The van der Waals surface area contributed by atoms with E-state index in [4.69, 9.17) is 4.74 Å². The Morgan fingerprint density at radius 2 is 1.59 bits per heavy atom. The predicted molar refractivity (Wildman–Crippen MR) is 70.8 cm³/mol. The van der Waals surface area contributed by atoms with E-state index in [1.807, 2.05) is 13.8 Å². The number of hydrogen-bond donors (Lipinski definition) is 0. The average molecular weight is 240 g/mol. The van der Waals surface area contributed by atoms with Gasteiger partial charge in [-0.3, -0.25) is 4.79 Å². The average Bonchev–Trinajstić information content (AvgIpc) is 2.25. The third kappa shape index (κ3) is 3.72. The van der Waals surface area contributed by atoms with E-state index in [0.29, 0.717) is 12.5 Å². The minimum absolute atomic E-state index is 0.0458. The van der Waals surface area contributed by atoms with Crippen molar-refractivity contribution in [1.29, 1.82) is 0 Å². The molecule has 1 aliphatic rings. The highest BCUT2D eigenvalue weighted by atomic mass is 16.5. The second kappa shape index (κ2) is 5.41. The molecule has 0 saturated heterocycles. The van der Waals surface area contributed by atoms with Crippen LogP contribution in [-0.4, -0.2) is 12.6 Å². The molecule has 1 aliphatic carbocycles. The van der Waals surface area contributed by atoms with Gasteiger partial charge in [0.05, 0.1) is 12.0 Å². The van der Waals surface area contributed by atoms with E-state index in [-0.39, 0.29) is 11.4 Å². The smallest absolute Gasteiger partial charge is 0.312 e. The maximum atomic E-state index is 12.1. The first kappa shape index (κ1) is 14.5. The Morgan fingerprint density at radius 1 is 1.06 bits per heavy atom. The summed E-state index contributed by atoms with van der Waals surface area (Å²) >= 11 is 0. The molecule has 0 atom stereocenters. The van der Waals surface area contributed by atoms with Gasteiger partial charge in [0.1, 0.15) is 0 Å². The van der Waals surface area contributed by atoms with Gasteiger partial charge in [0.2, 0.25) is 0 Å². The largest absolute Gasteiger partial charge is 0.465 e. The molecular formula is C15H28O2. The number of hydrogen-bond acceptors (Lipinski definition) is 2. The Kier molecular flexibility index (Phi) is 4.62. The quantitative estimate of drug-likeness (QED) is 0.692. The summed E-state index contributed by atoms with van der Waals surface area (Å²) in [6.45, 7) is 10.9.